The lowest BCUT2D eigenvalue weighted by molar-refractivity contribution is -0.154. The number of likely N-dealkylation sites (tertiary alicyclic amines) is 1. The number of hydrogen-bond donors (Lipinski definition) is 1. The van der Waals surface area contributed by atoms with Crippen molar-refractivity contribution in [2.45, 2.75) is 90.4 Å². The molecule has 0 bridgehead atoms. The molecule has 35 heavy (non-hydrogen) atoms. The van der Waals surface area contributed by atoms with Gasteiger partial charge in [-0.25, -0.2) is 9.78 Å². The predicted molar refractivity (Wildman–Crippen MR) is 134 cm³/mol. The molecule has 10 heteroatoms. The lowest BCUT2D eigenvalue weighted by atomic mass is 9.86. The quantitative estimate of drug-likeness (QED) is 0.449. The molecule has 1 aliphatic carbocycles. The van der Waals surface area contributed by atoms with Crippen molar-refractivity contribution in [2.24, 2.45) is 5.92 Å². The molecule has 2 fully saturated rings. The summed E-state index contributed by atoms with van der Waals surface area (Å²) in [4.78, 5) is 31.1. The summed E-state index contributed by atoms with van der Waals surface area (Å²) in [6.07, 6.45) is 5.03. The number of hydrogen-bond acceptors (Lipinski definition) is 7. The molecule has 1 N–H and O–H groups in total. The highest BCUT2D eigenvalue weighted by Gasteiger charge is 2.34. The van der Waals surface area contributed by atoms with E-state index in [0.29, 0.717) is 30.6 Å². The van der Waals surface area contributed by atoms with E-state index < -0.39 is 5.60 Å². The van der Waals surface area contributed by atoms with Crippen molar-refractivity contribution in [3.8, 4) is 0 Å². The maximum absolute atomic E-state index is 12.8. The van der Waals surface area contributed by atoms with E-state index in [-0.39, 0.29) is 30.1 Å². The lowest BCUT2D eigenvalue weighted by Gasteiger charge is -2.29. The summed E-state index contributed by atoms with van der Waals surface area (Å²) in [7, 11) is 0. The first kappa shape index (κ1) is 25.5. The van der Waals surface area contributed by atoms with Crippen LogP contribution in [0, 0.1) is 5.92 Å². The van der Waals surface area contributed by atoms with E-state index in [2.05, 4.69) is 29.2 Å². The number of ether oxygens (including phenoxy) is 2. The predicted octanol–water partition coefficient (Wildman–Crippen LogP) is 5.03. The first-order valence-electron chi connectivity index (χ1n) is 12.5. The van der Waals surface area contributed by atoms with Crippen LogP contribution in [0.4, 0.5) is 10.6 Å². The van der Waals surface area contributed by atoms with Crippen molar-refractivity contribution < 1.29 is 19.1 Å². The van der Waals surface area contributed by atoms with Gasteiger partial charge in [0, 0.05) is 30.6 Å². The van der Waals surface area contributed by atoms with Gasteiger partial charge in [-0.15, -0.1) is 0 Å². The fraction of sp³-hybridized carbons (Fsp3) is 0.680. The van der Waals surface area contributed by atoms with Crippen LogP contribution in [0.2, 0.25) is 5.15 Å². The Morgan fingerprint density at radius 3 is 2.54 bits per heavy atom. The van der Waals surface area contributed by atoms with Gasteiger partial charge >= 0.3 is 12.1 Å². The molecule has 1 saturated carbocycles. The van der Waals surface area contributed by atoms with Crippen molar-refractivity contribution in [1.82, 2.24) is 19.5 Å². The summed E-state index contributed by atoms with van der Waals surface area (Å²) < 4.78 is 13.0. The molecule has 0 aromatic carbocycles. The summed E-state index contributed by atoms with van der Waals surface area (Å²) in [6, 6.07) is 2.00. The van der Waals surface area contributed by atoms with Crippen molar-refractivity contribution in [3.63, 3.8) is 0 Å². The molecule has 1 atom stereocenters. The number of nitrogens with zero attached hydrogens (tertiary/aromatic N) is 4. The highest BCUT2D eigenvalue weighted by molar-refractivity contribution is 6.29. The Morgan fingerprint density at radius 2 is 1.89 bits per heavy atom. The van der Waals surface area contributed by atoms with Crippen LogP contribution in [0.1, 0.15) is 78.2 Å². The van der Waals surface area contributed by atoms with Gasteiger partial charge in [0.05, 0.1) is 18.7 Å². The zero-order valence-corrected chi connectivity index (χ0v) is 22.0. The number of rotatable bonds is 5. The van der Waals surface area contributed by atoms with Crippen LogP contribution in [0.15, 0.2) is 12.3 Å². The standard InChI is InChI=1S/C25H36ClN5O4/c1-15(2)19-13-27-31-21(12-20(26)29-22(19)31)28-17-8-6-16(7-9-17)23(32)34-18-10-11-30(14-18)24(33)35-25(3,4)5/h12-13,15-18,28H,6-11,14H2,1-5H3. The number of esters is 1. The summed E-state index contributed by atoms with van der Waals surface area (Å²) >= 11 is 6.30. The number of amides is 1. The fourth-order valence-corrected chi connectivity index (χ4v) is 4.90. The van der Waals surface area contributed by atoms with Crippen LogP contribution < -0.4 is 5.32 Å². The van der Waals surface area contributed by atoms with Crippen molar-refractivity contribution in [3.05, 3.63) is 23.0 Å². The van der Waals surface area contributed by atoms with E-state index in [1.165, 1.54) is 0 Å². The van der Waals surface area contributed by atoms with Gasteiger partial charge < -0.3 is 19.7 Å². The highest BCUT2D eigenvalue weighted by Crippen LogP contribution is 2.30. The normalized spacial score (nSPS) is 23.1. The van der Waals surface area contributed by atoms with Crippen LogP contribution in [-0.2, 0) is 14.3 Å². The van der Waals surface area contributed by atoms with Gasteiger partial charge in [-0.1, -0.05) is 25.4 Å². The Hall–Kier alpha value is -2.55. The van der Waals surface area contributed by atoms with Crippen LogP contribution in [-0.4, -0.2) is 62.4 Å². The molecule has 192 valence electrons. The minimum absolute atomic E-state index is 0.123. The second-order valence-electron chi connectivity index (χ2n) is 10.9. The number of carbonyl (C=O) groups is 2. The molecule has 1 unspecified atom stereocenters. The summed E-state index contributed by atoms with van der Waals surface area (Å²) in [5.41, 5.74) is 1.28. The Morgan fingerprint density at radius 1 is 1.17 bits per heavy atom. The minimum atomic E-state index is -0.542. The topological polar surface area (TPSA) is 98.1 Å². The number of nitrogens with one attached hydrogen (secondary N) is 1. The molecular formula is C25H36ClN5O4. The summed E-state index contributed by atoms with van der Waals surface area (Å²) in [5, 5.41) is 8.49. The molecule has 3 heterocycles. The first-order chi connectivity index (χ1) is 16.5. The molecule has 1 amide bonds. The monoisotopic (exact) mass is 505 g/mol. The zero-order valence-electron chi connectivity index (χ0n) is 21.2. The van der Waals surface area contributed by atoms with Crippen LogP contribution in [0.5, 0.6) is 0 Å². The smallest absolute Gasteiger partial charge is 0.410 e. The largest absolute Gasteiger partial charge is 0.460 e. The summed E-state index contributed by atoms with van der Waals surface area (Å²) in [6.45, 7) is 10.7. The van der Waals surface area contributed by atoms with E-state index in [9.17, 15) is 9.59 Å². The van der Waals surface area contributed by atoms with Crippen molar-refractivity contribution >= 4 is 35.1 Å². The van der Waals surface area contributed by atoms with Gasteiger partial charge in [0.2, 0.25) is 0 Å². The van der Waals surface area contributed by atoms with Gasteiger partial charge in [0.15, 0.2) is 5.65 Å². The average molecular weight is 506 g/mol. The molecule has 2 aromatic rings. The minimum Gasteiger partial charge on any atom is -0.460 e. The molecule has 2 aromatic heterocycles. The number of fused-ring (bicyclic) bond motifs is 1. The first-order valence-corrected chi connectivity index (χ1v) is 12.9. The number of aromatic nitrogens is 3. The molecule has 4 rings (SSSR count). The van der Waals surface area contributed by atoms with Crippen molar-refractivity contribution in [1.29, 1.82) is 0 Å². The third-order valence-corrected chi connectivity index (χ3v) is 6.78. The van der Waals surface area contributed by atoms with Crippen LogP contribution >= 0.6 is 11.6 Å². The Balaban J connectivity index is 1.28. The van der Waals surface area contributed by atoms with Gasteiger partial charge in [0.1, 0.15) is 22.7 Å². The Kier molecular flexibility index (Phi) is 7.45. The second-order valence-corrected chi connectivity index (χ2v) is 11.3. The summed E-state index contributed by atoms with van der Waals surface area (Å²) in [5.74, 6) is 0.819. The number of anilines is 1. The SMILES string of the molecule is CC(C)c1cnn2c(NC3CCC(C(=O)OC4CCN(C(=O)OC(C)(C)C)C4)CC3)cc(Cl)nc12. The molecule has 0 radical (unpaired) electrons. The Bertz CT molecular complexity index is 1070. The number of halogens is 1. The molecule has 1 saturated heterocycles. The van der Waals surface area contributed by atoms with Crippen molar-refractivity contribution in [2.75, 3.05) is 18.4 Å². The van der Waals surface area contributed by atoms with Gasteiger partial charge in [-0.2, -0.15) is 9.61 Å². The Labute approximate surface area is 211 Å². The molecular weight excluding hydrogens is 470 g/mol. The number of carbonyl (C=O) groups excluding carboxylic acids is 2. The second kappa shape index (κ2) is 10.2. The maximum atomic E-state index is 12.8. The molecule has 1 aliphatic heterocycles. The van der Waals surface area contributed by atoms with E-state index in [1.807, 2.05) is 27.0 Å². The van der Waals surface area contributed by atoms with Crippen LogP contribution in [0.3, 0.4) is 0 Å². The fourth-order valence-electron chi connectivity index (χ4n) is 4.72. The van der Waals surface area contributed by atoms with Gasteiger partial charge in [-0.05, 0) is 52.4 Å². The third kappa shape index (κ3) is 6.18. The zero-order chi connectivity index (χ0) is 25.3. The van der Waals surface area contributed by atoms with Gasteiger partial charge in [0.25, 0.3) is 0 Å². The average Bonchev–Trinajstić information content (AvgIpc) is 3.40. The van der Waals surface area contributed by atoms with Gasteiger partial charge in [-0.3, -0.25) is 4.79 Å². The third-order valence-electron chi connectivity index (χ3n) is 6.58. The lowest BCUT2D eigenvalue weighted by Crippen LogP contribution is -2.37. The van der Waals surface area contributed by atoms with E-state index in [1.54, 1.807) is 15.5 Å². The molecule has 9 nitrogen and oxygen atoms in total. The van der Waals surface area contributed by atoms with E-state index in [0.717, 1.165) is 42.7 Å². The maximum Gasteiger partial charge on any atom is 0.410 e. The van der Waals surface area contributed by atoms with E-state index >= 15 is 0 Å². The molecule has 0 spiro atoms. The van der Waals surface area contributed by atoms with Crippen LogP contribution in [0.25, 0.3) is 5.65 Å². The highest BCUT2D eigenvalue weighted by atomic mass is 35.5. The molecule has 2 aliphatic rings. The van der Waals surface area contributed by atoms with E-state index in [4.69, 9.17) is 21.1 Å².